The number of hydrogen-bond donors (Lipinski definition) is 1. The molecule has 0 saturated heterocycles. The Morgan fingerprint density at radius 2 is 1.83 bits per heavy atom. The zero-order valence-electron chi connectivity index (χ0n) is 14.3. The molecule has 0 spiro atoms. The molecule has 0 aliphatic heterocycles. The lowest BCUT2D eigenvalue weighted by Crippen LogP contribution is -2.41. The van der Waals surface area contributed by atoms with Crippen molar-refractivity contribution in [2.45, 2.75) is 45.1 Å². The second kappa shape index (κ2) is 8.86. The Bertz CT molecular complexity index is 483. The first-order valence-electron chi connectivity index (χ1n) is 8.80. The van der Waals surface area contributed by atoms with E-state index in [-0.39, 0.29) is 11.0 Å². The summed E-state index contributed by atoms with van der Waals surface area (Å²) in [6, 6.07) is 9.52. The third-order valence-corrected chi connectivity index (χ3v) is 5.97. The van der Waals surface area contributed by atoms with Crippen LogP contribution in [0.15, 0.2) is 30.3 Å². The van der Waals surface area contributed by atoms with Gasteiger partial charge in [-0.05, 0) is 37.4 Å². The molecule has 1 atom stereocenters. The summed E-state index contributed by atoms with van der Waals surface area (Å²) in [5, 5.41) is 11.3. The van der Waals surface area contributed by atoms with Gasteiger partial charge in [-0.15, -0.1) is 0 Å². The standard InChI is InChI=1S/C19H29NO2S/c1-3-20(4-2)14-15-23-18(21)19(22,17-12-8-9-13-17)16-10-6-5-7-11-16/h5-7,10-11,17,22H,3-4,8-9,12-15H2,1-2H3. The number of hydrogen-bond acceptors (Lipinski definition) is 4. The Hall–Kier alpha value is -0.840. The molecular formula is C19H29NO2S. The fourth-order valence-electron chi connectivity index (χ4n) is 3.47. The Balaban J connectivity index is 2.09. The van der Waals surface area contributed by atoms with Crippen LogP contribution in [0, 0.1) is 5.92 Å². The Kier molecular flexibility index (Phi) is 7.12. The molecule has 1 fully saturated rings. The number of nitrogens with zero attached hydrogens (tertiary/aromatic N) is 1. The Morgan fingerprint density at radius 1 is 1.22 bits per heavy atom. The Labute approximate surface area is 144 Å². The number of aliphatic hydroxyl groups is 1. The Morgan fingerprint density at radius 3 is 2.39 bits per heavy atom. The van der Waals surface area contributed by atoms with Gasteiger partial charge in [0.2, 0.25) is 5.12 Å². The molecule has 23 heavy (non-hydrogen) atoms. The third kappa shape index (κ3) is 4.37. The molecule has 1 aromatic rings. The lowest BCUT2D eigenvalue weighted by molar-refractivity contribution is -0.134. The van der Waals surface area contributed by atoms with Crippen molar-refractivity contribution in [1.82, 2.24) is 4.90 Å². The number of carbonyl (C=O) groups excluding carboxylic acids is 1. The fraction of sp³-hybridized carbons (Fsp3) is 0.632. The van der Waals surface area contributed by atoms with E-state index in [0.717, 1.165) is 56.6 Å². The second-order valence-electron chi connectivity index (χ2n) is 6.28. The predicted octanol–water partition coefficient (Wildman–Crippen LogP) is 3.67. The molecular weight excluding hydrogens is 306 g/mol. The highest BCUT2D eigenvalue weighted by Gasteiger charge is 2.46. The normalized spacial score (nSPS) is 18.3. The van der Waals surface area contributed by atoms with Crippen molar-refractivity contribution in [3.05, 3.63) is 35.9 Å². The van der Waals surface area contributed by atoms with Crippen LogP contribution >= 0.6 is 11.8 Å². The fourth-order valence-corrected chi connectivity index (χ4v) is 4.51. The molecule has 1 aliphatic carbocycles. The molecule has 2 rings (SSSR count). The largest absolute Gasteiger partial charge is 0.376 e. The van der Waals surface area contributed by atoms with E-state index in [9.17, 15) is 9.90 Å². The van der Waals surface area contributed by atoms with Gasteiger partial charge < -0.3 is 10.0 Å². The SMILES string of the molecule is CCN(CC)CCSC(=O)C(O)(c1ccccc1)C1CCCC1. The minimum Gasteiger partial charge on any atom is -0.376 e. The van der Waals surface area contributed by atoms with Crippen LogP contribution in [-0.4, -0.2) is 40.5 Å². The smallest absolute Gasteiger partial charge is 0.225 e. The van der Waals surface area contributed by atoms with Crippen LogP contribution in [0.3, 0.4) is 0 Å². The van der Waals surface area contributed by atoms with Gasteiger partial charge in [-0.2, -0.15) is 0 Å². The topological polar surface area (TPSA) is 40.5 Å². The highest BCUT2D eigenvalue weighted by molar-refractivity contribution is 8.13. The van der Waals surface area contributed by atoms with Gasteiger partial charge >= 0.3 is 0 Å². The molecule has 1 aliphatic rings. The molecule has 128 valence electrons. The summed E-state index contributed by atoms with van der Waals surface area (Å²) >= 11 is 1.29. The molecule has 0 aromatic heterocycles. The van der Waals surface area contributed by atoms with Crippen molar-refractivity contribution in [2.24, 2.45) is 5.92 Å². The molecule has 4 heteroatoms. The van der Waals surface area contributed by atoms with E-state index < -0.39 is 5.60 Å². The summed E-state index contributed by atoms with van der Waals surface area (Å²) in [7, 11) is 0. The van der Waals surface area contributed by atoms with E-state index in [2.05, 4.69) is 18.7 Å². The molecule has 0 bridgehead atoms. The van der Waals surface area contributed by atoms with Crippen molar-refractivity contribution in [1.29, 1.82) is 0 Å². The van der Waals surface area contributed by atoms with Crippen molar-refractivity contribution in [3.63, 3.8) is 0 Å². The highest BCUT2D eigenvalue weighted by Crippen LogP contribution is 2.43. The summed E-state index contributed by atoms with van der Waals surface area (Å²) in [5.74, 6) is 0.793. The first kappa shape index (κ1) is 18.5. The lowest BCUT2D eigenvalue weighted by Gasteiger charge is -2.33. The van der Waals surface area contributed by atoms with Crippen LogP contribution in [0.1, 0.15) is 45.1 Å². The molecule has 1 saturated carbocycles. The third-order valence-electron chi connectivity index (χ3n) is 5.01. The number of benzene rings is 1. The van der Waals surface area contributed by atoms with E-state index in [0.29, 0.717) is 0 Å². The summed E-state index contributed by atoms with van der Waals surface area (Å²) in [6.45, 7) is 7.15. The molecule has 0 radical (unpaired) electrons. The quantitative estimate of drug-likeness (QED) is 0.787. The zero-order valence-corrected chi connectivity index (χ0v) is 15.1. The number of carbonyl (C=O) groups is 1. The van der Waals surface area contributed by atoms with Crippen LogP contribution in [0.2, 0.25) is 0 Å². The van der Waals surface area contributed by atoms with Crippen molar-refractivity contribution >= 4 is 16.9 Å². The second-order valence-corrected chi connectivity index (χ2v) is 7.34. The van der Waals surface area contributed by atoms with Crippen molar-refractivity contribution in [3.8, 4) is 0 Å². The lowest BCUT2D eigenvalue weighted by atomic mass is 9.81. The summed E-state index contributed by atoms with van der Waals surface area (Å²) < 4.78 is 0. The predicted molar refractivity (Wildman–Crippen MR) is 97.5 cm³/mol. The summed E-state index contributed by atoms with van der Waals surface area (Å²) in [6.07, 6.45) is 4.09. The average Bonchev–Trinajstić information content (AvgIpc) is 3.13. The summed E-state index contributed by atoms with van der Waals surface area (Å²) in [4.78, 5) is 15.2. The van der Waals surface area contributed by atoms with Crippen LogP contribution in [-0.2, 0) is 10.4 Å². The molecule has 0 heterocycles. The average molecular weight is 336 g/mol. The molecule has 3 nitrogen and oxygen atoms in total. The van der Waals surface area contributed by atoms with Crippen molar-refractivity contribution in [2.75, 3.05) is 25.4 Å². The van der Waals surface area contributed by atoms with Crippen LogP contribution in [0.4, 0.5) is 0 Å². The maximum absolute atomic E-state index is 12.9. The molecule has 0 amide bonds. The van der Waals surface area contributed by atoms with Gasteiger partial charge in [0.05, 0.1) is 0 Å². The maximum atomic E-state index is 12.9. The van der Waals surface area contributed by atoms with Crippen LogP contribution in [0.5, 0.6) is 0 Å². The first-order valence-corrected chi connectivity index (χ1v) is 9.78. The minimum atomic E-state index is -1.33. The van der Waals surface area contributed by atoms with Gasteiger partial charge in [0, 0.05) is 12.3 Å². The van der Waals surface area contributed by atoms with Crippen LogP contribution in [0.25, 0.3) is 0 Å². The van der Waals surface area contributed by atoms with Gasteiger partial charge in [0.1, 0.15) is 0 Å². The minimum absolute atomic E-state index is 0.0540. The zero-order chi connectivity index (χ0) is 16.7. The monoisotopic (exact) mass is 335 g/mol. The van der Waals surface area contributed by atoms with Gasteiger partial charge in [0.25, 0.3) is 0 Å². The van der Waals surface area contributed by atoms with E-state index in [1.54, 1.807) is 0 Å². The number of rotatable bonds is 8. The first-order chi connectivity index (χ1) is 11.1. The van der Waals surface area contributed by atoms with Crippen molar-refractivity contribution < 1.29 is 9.90 Å². The van der Waals surface area contributed by atoms with Crippen LogP contribution < -0.4 is 0 Å². The molecule has 1 aromatic carbocycles. The summed E-state index contributed by atoms with van der Waals surface area (Å²) in [5.41, 5.74) is -0.571. The maximum Gasteiger partial charge on any atom is 0.225 e. The highest BCUT2D eigenvalue weighted by atomic mass is 32.2. The van der Waals surface area contributed by atoms with Gasteiger partial charge in [-0.3, -0.25) is 4.79 Å². The van der Waals surface area contributed by atoms with E-state index >= 15 is 0 Å². The van der Waals surface area contributed by atoms with Gasteiger partial charge in [-0.25, -0.2) is 0 Å². The van der Waals surface area contributed by atoms with E-state index in [4.69, 9.17) is 0 Å². The van der Waals surface area contributed by atoms with E-state index in [1.807, 2.05) is 30.3 Å². The molecule has 1 unspecified atom stereocenters. The van der Waals surface area contributed by atoms with Gasteiger partial charge in [0.15, 0.2) is 5.60 Å². The van der Waals surface area contributed by atoms with Gasteiger partial charge in [-0.1, -0.05) is 68.8 Å². The molecule has 1 N–H and O–H groups in total. The van der Waals surface area contributed by atoms with E-state index in [1.165, 1.54) is 11.8 Å². The number of thioether (sulfide) groups is 1.